The number of sulfonamides is 1. The highest BCUT2D eigenvalue weighted by molar-refractivity contribution is 7.99. The molecule has 0 unspecified atom stereocenters. The fourth-order valence-corrected chi connectivity index (χ4v) is 6.74. The van der Waals surface area contributed by atoms with Crippen LogP contribution in [0.1, 0.15) is 21.2 Å². The van der Waals surface area contributed by atoms with Crippen LogP contribution in [0, 0.1) is 6.92 Å². The molecule has 2 aromatic heterocycles. The number of ether oxygens (including phenoxy) is 1. The van der Waals surface area contributed by atoms with Crippen molar-refractivity contribution < 1.29 is 22.7 Å². The van der Waals surface area contributed by atoms with Crippen LogP contribution in [0.15, 0.2) is 64.6 Å². The van der Waals surface area contributed by atoms with Gasteiger partial charge >= 0.3 is 0 Å². The van der Waals surface area contributed by atoms with Gasteiger partial charge in [-0.05, 0) is 43.3 Å². The van der Waals surface area contributed by atoms with Gasteiger partial charge in [0.15, 0.2) is 11.0 Å². The summed E-state index contributed by atoms with van der Waals surface area (Å²) in [5.74, 6) is -0.138. The third kappa shape index (κ3) is 6.97. The minimum absolute atomic E-state index is 0.0470. The van der Waals surface area contributed by atoms with Gasteiger partial charge < -0.3 is 10.1 Å². The van der Waals surface area contributed by atoms with Crippen molar-refractivity contribution in [3.05, 3.63) is 71.0 Å². The molecule has 0 saturated carbocycles. The summed E-state index contributed by atoms with van der Waals surface area (Å²) in [6, 6.07) is 15.2. The van der Waals surface area contributed by atoms with Crippen molar-refractivity contribution in [2.45, 2.75) is 23.5 Å². The third-order valence-corrected chi connectivity index (χ3v) is 9.55. The number of nitrogens with zero attached hydrogens (tertiary/aromatic N) is 6. The lowest BCUT2D eigenvalue weighted by Gasteiger charge is -2.26. The lowest BCUT2D eigenvalue weighted by atomic mass is 10.2. The number of anilines is 1. The minimum atomic E-state index is -3.66. The van der Waals surface area contributed by atoms with E-state index in [0.717, 1.165) is 10.7 Å². The molecular weight excluding hydrogens is 589 g/mol. The summed E-state index contributed by atoms with van der Waals surface area (Å²) in [5.41, 5.74) is 1.07. The number of aryl methyl sites for hydroxylation is 1. The molecule has 0 radical (unpaired) electrons. The second-order valence-corrected chi connectivity index (χ2v) is 12.8. The van der Waals surface area contributed by atoms with Gasteiger partial charge in [0, 0.05) is 24.3 Å². The molecule has 0 bridgehead atoms. The molecule has 4 aromatic rings. The van der Waals surface area contributed by atoms with Crippen LogP contribution in [0.4, 0.5) is 5.13 Å². The molecule has 2 N–H and O–H groups in total. The maximum absolute atomic E-state index is 12.9. The van der Waals surface area contributed by atoms with Crippen molar-refractivity contribution >= 4 is 50.1 Å². The molecule has 2 aromatic carbocycles. The number of carbonyl (C=O) groups excluding carboxylic acids is 2. The van der Waals surface area contributed by atoms with Crippen LogP contribution in [0.3, 0.4) is 0 Å². The summed E-state index contributed by atoms with van der Waals surface area (Å²) >= 11 is 2.48. The maximum atomic E-state index is 12.9. The minimum Gasteiger partial charge on any atom is -0.379 e. The Hall–Kier alpha value is -3.70. The first kappa shape index (κ1) is 28.8. The van der Waals surface area contributed by atoms with Crippen LogP contribution < -0.4 is 10.6 Å². The van der Waals surface area contributed by atoms with Gasteiger partial charge in [-0.2, -0.15) is 4.31 Å². The van der Waals surface area contributed by atoms with Crippen molar-refractivity contribution in [2.75, 3.05) is 37.4 Å². The SMILES string of the molecule is Cc1nnc(NC(=O)CSc2nnc(CNC(=O)c3ccc(S(=O)(=O)N4CCOCC4)cc3)n2-c2ccccc2)s1. The average molecular weight is 615 g/mol. The van der Waals surface area contributed by atoms with Gasteiger partial charge in [-0.1, -0.05) is 41.3 Å². The molecule has 2 amide bonds. The first-order chi connectivity index (χ1) is 19.8. The van der Waals surface area contributed by atoms with E-state index in [9.17, 15) is 18.0 Å². The van der Waals surface area contributed by atoms with Crippen molar-refractivity contribution in [1.82, 2.24) is 34.6 Å². The molecule has 3 heterocycles. The lowest BCUT2D eigenvalue weighted by Crippen LogP contribution is -2.40. The van der Waals surface area contributed by atoms with E-state index in [4.69, 9.17) is 4.74 Å². The van der Waals surface area contributed by atoms with Crippen molar-refractivity contribution in [2.24, 2.45) is 0 Å². The van der Waals surface area contributed by atoms with Gasteiger partial charge in [0.25, 0.3) is 5.91 Å². The van der Waals surface area contributed by atoms with E-state index in [1.54, 1.807) is 11.5 Å². The molecule has 214 valence electrons. The summed E-state index contributed by atoms with van der Waals surface area (Å²) in [6.45, 7) is 3.14. The number of amides is 2. The predicted molar refractivity (Wildman–Crippen MR) is 153 cm³/mol. The Morgan fingerprint density at radius 3 is 2.41 bits per heavy atom. The summed E-state index contributed by atoms with van der Waals surface area (Å²) in [5, 5.41) is 23.5. The monoisotopic (exact) mass is 614 g/mol. The van der Waals surface area contributed by atoms with Crippen LogP contribution in [-0.4, -0.2) is 81.6 Å². The number of aromatic nitrogens is 5. The number of nitrogens with one attached hydrogen (secondary N) is 2. The fraction of sp³-hybridized carbons (Fsp3) is 0.280. The Balaban J connectivity index is 1.25. The van der Waals surface area contributed by atoms with Gasteiger partial charge in [-0.3, -0.25) is 19.5 Å². The van der Waals surface area contributed by atoms with Gasteiger partial charge in [-0.15, -0.1) is 20.4 Å². The molecule has 0 spiro atoms. The highest BCUT2D eigenvalue weighted by atomic mass is 32.2. The lowest BCUT2D eigenvalue weighted by molar-refractivity contribution is -0.113. The molecular formula is C25H26N8O5S3. The summed E-state index contributed by atoms with van der Waals surface area (Å²) in [6.07, 6.45) is 0. The Morgan fingerprint density at radius 1 is 1.00 bits per heavy atom. The Kier molecular flexibility index (Phi) is 9.04. The van der Waals surface area contributed by atoms with E-state index in [2.05, 4.69) is 31.0 Å². The number of rotatable bonds is 10. The van der Waals surface area contributed by atoms with Gasteiger partial charge in [-0.25, -0.2) is 8.42 Å². The van der Waals surface area contributed by atoms with Gasteiger partial charge in [0.1, 0.15) is 5.01 Å². The summed E-state index contributed by atoms with van der Waals surface area (Å²) in [7, 11) is -3.66. The van der Waals surface area contributed by atoms with Crippen molar-refractivity contribution in [3.8, 4) is 5.69 Å². The Morgan fingerprint density at radius 2 is 1.73 bits per heavy atom. The first-order valence-electron chi connectivity index (χ1n) is 12.5. The van der Waals surface area contributed by atoms with Crippen LogP contribution >= 0.6 is 23.1 Å². The van der Waals surface area contributed by atoms with Crippen molar-refractivity contribution in [3.63, 3.8) is 0 Å². The molecule has 0 aliphatic carbocycles. The zero-order valence-electron chi connectivity index (χ0n) is 21.9. The quantitative estimate of drug-likeness (QED) is 0.253. The number of benzene rings is 2. The summed E-state index contributed by atoms with van der Waals surface area (Å²) < 4.78 is 34.1. The molecule has 16 heteroatoms. The smallest absolute Gasteiger partial charge is 0.251 e. The molecule has 0 atom stereocenters. The Bertz CT molecular complexity index is 1620. The highest BCUT2D eigenvalue weighted by Crippen LogP contribution is 2.23. The van der Waals surface area contributed by atoms with Crippen LogP contribution in [-0.2, 0) is 26.1 Å². The highest BCUT2D eigenvalue weighted by Gasteiger charge is 2.26. The van der Waals surface area contributed by atoms with Crippen LogP contribution in [0.25, 0.3) is 5.69 Å². The number of morpholine rings is 1. The normalized spacial score (nSPS) is 14.1. The van der Waals surface area contributed by atoms with Crippen molar-refractivity contribution in [1.29, 1.82) is 0 Å². The van der Waals surface area contributed by atoms with E-state index in [1.807, 2.05) is 30.3 Å². The predicted octanol–water partition coefficient (Wildman–Crippen LogP) is 2.11. The summed E-state index contributed by atoms with van der Waals surface area (Å²) in [4.78, 5) is 25.5. The molecule has 13 nitrogen and oxygen atoms in total. The number of hydrogen-bond acceptors (Lipinski definition) is 11. The maximum Gasteiger partial charge on any atom is 0.251 e. The number of thioether (sulfide) groups is 1. The first-order valence-corrected chi connectivity index (χ1v) is 15.7. The van der Waals surface area contributed by atoms with Gasteiger partial charge in [0.2, 0.25) is 21.1 Å². The number of carbonyl (C=O) groups is 2. The van der Waals surface area contributed by atoms with E-state index in [0.29, 0.717) is 48.0 Å². The molecule has 1 saturated heterocycles. The van der Waals surface area contributed by atoms with E-state index < -0.39 is 15.9 Å². The second kappa shape index (κ2) is 12.9. The van der Waals surface area contributed by atoms with E-state index >= 15 is 0 Å². The van der Waals surface area contributed by atoms with Crippen LogP contribution in [0.5, 0.6) is 0 Å². The van der Waals surface area contributed by atoms with E-state index in [-0.39, 0.29) is 23.1 Å². The number of hydrogen-bond donors (Lipinski definition) is 2. The second-order valence-electron chi connectivity index (χ2n) is 8.76. The zero-order chi connectivity index (χ0) is 28.8. The topological polar surface area (TPSA) is 161 Å². The number of para-hydroxylation sites is 1. The molecule has 1 fully saturated rings. The average Bonchev–Trinajstić information content (AvgIpc) is 3.60. The van der Waals surface area contributed by atoms with Crippen LogP contribution in [0.2, 0.25) is 0 Å². The standard InChI is InChI=1S/C25H26N8O5S3/c1-17-28-30-24(40-17)27-22(34)16-39-25-31-29-21(33(25)19-5-3-2-4-6-19)15-26-23(35)18-7-9-20(10-8-18)41(36,37)32-11-13-38-14-12-32/h2-10H,11-16H2,1H3,(H,26,35)(H,27,30,34). The largest absolute Gasteiger partial charge is 0.379 e. The van der Waals surface area contributed by atoms with Gasteiger partial charge in [0.05, 0.1) is 30.4 Å². The fourth-order valence-electron chi connectivity index (χ4n) is 3.95. The zero-order valence-corrected chi connectivity index (χ0v) is 24.3. The molecule has 5 rings (SSSR count). The molecule has 1 aliphatic heterocycles. The molecule has 1 aliphatic rings. The molecule has 41 heavy (non-hydrogen) atoms. The third-order valence-electron chi connectivity index (χ3n) is 5.95. The van der Waals surface area contributed by atoms with E-state index in [1.165, 1.54) is 51.7 Å². The Labute approximate surface area is 244 Å².